The number of rotatable bonds is 9. The molecule has 0 radical (unpaired) electrons. The Morgan fingerprint density at radius 1 is 1.26 bits per heavy atom. The quantitative estimate of drug-likeness (QED) is 0.685. The summed E-state index contributed by atoms with van der Waals surface area (Å²) in [6.07, 6.45) is 6.04. The second-order valence-corrected chi connectivity index (χ2v) is 6.99. The van der Waals surface area contributed by atoms with Crippen molar-refractivity contribution in [2.24, 2.45) is 0 Å². The average Bonchev–Trinajstić information content (AvgIpc) is 3.05. The number of ether oxygens (including phenoxy) is 2. The summed E-state index contributed by atoms with van der Waals surface area (Å²) in [7, 11) is 0. The van der Waals surface area contributed by atoms with Crippen LogP contribution in [0.4, 0.5) is 0 Å². The minimum absolute atomic E-state index is 0.204. The Morgan fingerprint density at radius 3 is 2.61 bits per heavy atom. The molecule has 1 saturated carbocycles. The Kier molecular flexibility index (Phi) is 7.66. The lowest BCUT2D eigenvalue weighted by molar-refractivity contribution is -0.706. The molecule has 1 aliphatic carbocycles. The van der Waals surface area contributed by atoms with Crippen LogP contribution in [0.15, 0.2) is 16.6 Å². The van der Waals surface area contributed by atoms with Crippen molar-refractivity contribution in [3.63, 3.8) is 0 Å². The fraction of sp³-hybridized carbons (Fsp3) is 0.667. The van der Waals surface area contributed by atoms with Gasteiger partial charge in [-0.1, -0.05) is 22.9 Å². The van der Waals surface area contributed by atoms with Gasteiger partial charge in [0.2, 0.25) is 0 Å². The van der Waals surface area contributed by atoms with Gasteiger partial charge in [-0.05, 0) is 51.2 Å². The summed E-state index contributed by atoms with van der Waals surface area (Å²) in [5.41, 5.74) is 1.17. The SMILES string of the molecule is CCOc1cc(C[NH2+][C@H](CC)CO)c(Br)cc1OC1CCCC1. The fourth-order valence-corrected chi connectivity index (χ4v) is 3.43. The molecule has 0 heterocycles. The van der Waals surface area contributed by atoms with Gasteiger partial charge >= 0.3 is 0 Å². The smallest absolute Gasteiger partial charge is 0.162 e. The Bertz CT molecular complexity index is 485. The second-order valence-electron chi connectivity index (χ2n) is 6.14. The van der Waals surface area contributed by atoms with E-state index >= 15 is 0 Å². The van der Waals surface area contributed by atoms with Gasteiger partial charge in [0.25, 0.3) is 0 Å². The first-order valence-corrected chi connectivity index (χ1v) is 9.53. The number of aliphatic hydroxyl groups is 1. The van der Waals surface area contributed by atoms with Crippen molar-refractivity contribution >= 4 is 15.9 Å². The maximum atomic E-state index is 9.33. The molecule has 0 saturated heterocycles. The molecule has 130 valence electrons. The van der Waals surface area contributed by atoms with Crippen LogP contribution in [0.1, 0.15) is 51.5 Å². The molecule has 1 aromatic carbocycles. The van der Waals surface area contributed by atoms with Crippen molar-refractivity contribution in [2.45, 2.75) is 64.6 Å². The predicted molar refractivity (Wildman–Crippen MR) is 95.0 cm³/mol. The zero-order chi connectivity index (χ0) is 16.7. The van der Waals surface area contributed by atoms with E-state index in [2.05, 4.69) is 34.2 Å². The lowest BCUT2D eigenvalue weighted by atomic mass is 10.1. The van der Waals surface area contributed by atoms with E-state index in [0.717, 1.165) is 41.8 Å². The molecule has 23 heavy (non-hydrogen) atoms. The Labute approximate surface area is 147 Å². The van der Waals surface area contributed by atoms with Crippen LogP contribution in [0, 0.1) is 0 Å². The van der Waals surface area contributed by atoms with E-state index in [0.29, 0.717) is 12.7 Å². The molecular weight excluding hydrogens is 358 g/mol. The summed E-state index contributed by atoms with van der Waals surface area (Å²) in [6.45, 7) is 5.72. The van der Waals surface area contributed by atoms with Crippen LogP contribution in [0.25, 0.3) is 0 Å². The molecule has 4 nitrogen and oxygen atoms in total. The standard InChI is InChI=1S/C18H28BrNO3/c1-3-14(12-21)20-11-13-9-17(22-4-2)18(10-16(13)19)23-15-7-5-6-8-15/h9-10,14-15,20-21H,3-8,11-12H2,1-2H3/p+1/t14-/m1/s1. The third-order valence-corrected chi connectivity index (χ3v) is 5.18. The molecule has 0 aliphatic heterocycles. The van der Waals surface area contributed by atoms with Crippen LogP contribution < -0.4 is 14.8 Å². The van der Waals surface area contributed by atoms with Crippen molar-refractivity contribution in [1.29, 1.82) is 0 Å². The largest absolute Gasteiger partial charge is 0.490 e. The van der Waals surface area contributed by atoms with Gasteiger partial charge in [-0.25, -0.2) is 0 Å². The average molecular weight is 387 g/mol. The van der Waals surface area contributed by atoms with Gasteiger partial charge < -0.3 is 19.9 Å². The molecule has 2 rings (SSSR count). The molecule has 5 heteroatoms. The van der Waals surface area contributed by atoms with Crippen LogP contribution in [-0.2, 0) is 6.54 Å². The number of halogens is 1. The van der Waals surface area contributed by atoms with E-state index < -0.39 is 0 Å². The van der Waals surface area contributed by atoms with E-state index in [1.54, 1.807) is 0 Å². The van der Waals surface area contributed by atoms with Crippen LogP contribution in [0.5, 0.6) is 11.5 Å². The third-order valence-electron chi connectivity index (χ3n) is 4.44. The molecule has 0 aromatic heterocycles. The monoisotopic (exact) mass is 386 g/mol. The lowest BCUT2D eigenvalue weighted by Gasteiger charge is -2.19. The molecule has 1 aliphatic rings. The molecule has 1 fully saturated rings. The molecule has 1 atom stereocenters. The Morgan fingerprint density at radius 2 is 2.00 bits per heavy atom. The second kappa shape index (κ2) is 9.50. The highest BCUT2D eigenvalue weighted by molar-refractivity contribution is 9.10. The zero-order valence-corrected chi connectivity index (χ0v) is 15.8. The van der Waals surface area contributed by atoms with Crippen molar-refractivity contribution in [1.82, 2.24) is 0 Å². The summed E-state index contributed by atoms with van der Waals surface area (Å²) in [5, 5.41) is 11.5. The van der Waals surface area contributed by atoms with E-state index in [1.807, 2.05) is 13.0 Å². The van der Waals surface area contributed by atoms with E-state index in [-0.39, 0.29) is 12.6 Å². The Balaban J connectivity index is 2.12. The summed E-state index contributed by atoms with van der Waals surface area (Å²) < 4.78 is 13.0. The number of nitrogens with two attached hydrogens (primary N) is 1. The van der Waals surface area contributed by atoms with Gasteiger partial charge in [-0.3, -0.25) is 0 Å². The summed E-state index contributed by atoms with van der Waals surface area (Å²) in [4.78, 5) is 0. The number of quaternary nitrogens is 1. The maximum Gasteiger partial charge on any atom is 0.162 e. The number of benzene rings is 1. The zero-order valence-electron chi connectivity index (χ0n) is 14.2. The molecule has 0 spiro atoms. The number of hydrogen-bond acceptors (Lipinski definition) is 3. The maximum absolute atomic E-state index is 9.33. The summed E-state index contributed by atoms with van der Waals surface area (Å²) >= 11 is 3.66. The number of aliphatic hydroxyl groups excluding tert-OH is 1. The minimum Gasteiger partial charge on any atom is -0.490 e. The number of hydrogen-bond donors (Lipinski definition) is 2. The highest BCUT2D eigenvalue weighted by Crippen LogP contribution is 2.36. The van der Waals surface area contributed by atoms with Crippen LogP contribution >= 0.6 is 15.9 Å². The van der Waals surface area contributed by atoms with Crippen molar-refractivity contribution in [2.75, 3.05) is 13.2 Å². The first kappa shape index (κ1) is 18.6. The lowest BCUT2D eigenvalue weighted by Crippen LogP contribution is -2.89. The van der Waals surface area contributed by atoms with Crippen LogP contribution in [0.3, 0.4) is 0 Å². The van der Waals surface area contributed by atoms with Gasteiger partial charge in [-0.15, -0.1) is 0 Å². The normalized spacial score (nSPS) is 16.5. The molecule has 0 bridgehead atoms. The fourth-order valence-electron chi connectivity index (χ4n) is 2.94. The summed E-state index contributed by atoms with van der Waals surface area (Å²) in [5.74, 6) is 1.66. The molecule has 0 amide bonds. The van der Waals surface area contributed by atoms with E-state index in [9.17, 15) is 5.11 Å². The van der Waals surface area contributed by atoms with Crippen molar-refractivity contribution in [3.05, 3.63) is 22.2 Å². The van der Waals surface area contributed by atoms with Gasteiger partial charge in [0.15, 0.2) is 11.5 Å². The minimum atomic E-state index is 0.204. The Hall–Kier alpha value is -0.780. The van der Waals surface area contributed by atoms with Gasteiger partial charge in [-0.2, -0.15) is 0 Å². The highest BCUT2D eigenvalue weighted by atomic mass is 79.9. The third kappa shape index (κ3) is 5.37. The van der Waals surface area contributed by atoms with E-state index in [1.165, 1.54) is 18.4 Å². The predicted octanol–water partition coefficient (Wildman–Crippen LogP) is 3.00. The summed E-state index contributed by atoms with van der Waals surface area (Å²) in [6, 6.07) is 4.34. The van der Waals surface area contributed by atoms with Crippen molar-refractivity contribution < 1.29 is 19.9 Å². The topological polar surface area (TPSA) is 55.3 Å². The van der Waals surface area contributed by atoms with Crippen LogP contribution in [-0.4, -0.2) is 30.5 Å². The molecule has 0 unspecified atom stereocenters. The van der Waals surface area contributed by atoms with Gasteiger partial charge in [0, 0.05) is 10.0 Å². The van der Waals surface area contributed by atoms with Gasteiger partial charge in [0.1, 0.15) is 12.6 Å². The molecule has 1 aromatic rings. The van der Waals surface area contributed by atoms with Crippen molar-refractivity contribution in [3.8, 4) is 11.5 Å². The highest BCUT2D eigenvalue weighted by Gasteiger charge is 2.20. The molecular formula is C18H29BrNO3+. The van der Waals surface area contributed by atoms with E-state index in [4.69, 9.17) is 9.47 Å². The van der Waals surface area contributed by atoms with Crippen LogP contribution in [0.2, 0.25) is 0 Å². The molecule has 3 N–H and O–H groups in total. The first-order chi connectivity index (χ1) is 11.2. The van der Waals surface area contributed by atoms with Gasteiger partial charge in [0.05, 0.1) is 19.3 Å². The first-order valence-electron chi connectivity index (χ1n) is 8.73.